The van der Waals surface area contributed by atoms with Gasteiger partial charge in [0, 0.05) is 37.6 Å². The molecule has 0 radical (unpaired) electrons. The first kappa shape index (κ1) is 21.1. The largest absolute Gasteiger partial charge is 0.381 e. The summed E-state index contributed by atoms with van der Waals surface area (Å²) < 4.78 is 19.0. The molecule has 2 fully saturated rings. The summed E-state index contributed by atoms with van der Waals surface area (Å²) in [7, 11) is 0. The van der Waals surface area contributed by atoms with Gasteiger partial charge in [0.2, 0.25) is 0 Å². The molecule has 1 aromatic rings. The molecule has 0 saturated carbocycles. The van der Waals surface area contributed by atoms with Gasteiger partial charge < -0.3 is 20.3 Å². The van der Waals surface area contributed by atoms with E-state index in [0.29, 0.717) is 18.2 Å². The van der Waals surface area contributed by atoms with Gasteiger partial charge in [-0.05, 0) is 44.4 Å². The molecule has 1 aromatic carbocycles. The quantitative estimate of drug-likeness (QED) is 0.679. The van der Waals surface area contributed by atoms with Gasteiger partial charge in [-0.2, -0.15) is 0 Å². The third kappa shape index (κ3) is 4.31. The first-order chi connectivity index (χ1) is 14.3. The number of carbonyl (C=O) groups excluding carboxylic acids is 1. The Labute approximate surface area is 180 Å². The van der Waals surface area contributed by atoms with Crippen molar-refractivity contribution in [3.63, 3.8) is 0 Å². The average molecular weight is 436 g/mol. The molecule has 7 nitrogen and oxygen atoms in total. The summed E-state index contributed by atoms with van der Waals surface area (Å²) in [6, 6.07) is 4.67. The van der Waals surface area contributed by atoms with Crippen LogP contribution in [0.3, 0.4) is 0 Å². The fraction of sp³-hybridized carbons (Fsp3) is 0.524. The van der Waals surface area contributed by atoms with Crippen LogP contribution in [0.25, 0.3) is 0 Å². The van der Waals surface area contributed by atoms with Crippen molar-refractivity contribution in [3.05, 3.63) is 46.4 Å². The number of amides is 2. The van der Waals surface area contributed by atoms with E-state index in [-0.39, 0.29) is 23.9 Å². The minimum Gasteiger partial charge on any atom is -0.381 e. The lowest BCUT2D eigenvalue weighted by molar-refractivity contribution is 0.0743. The molecule has 3 N–H and O–H groups in total. The van der Waals surface area contributed by atoms with E-state index in [2.05, 4.69) is 16.0 Å². The molecule has 3 heterocycles. The summed E-state index contributed by atoms with van der Waals surface area (Å²) >= 11 is 5.72. The van der Waals surface area contributed by atoms with Crippen molar-refractivity contribution in [1.82, 2.24) is 20.9 Å². The summed E-state index contributed by atoms with van der Waals surface area (Å²) in [5.74, 6) is -0.496. The highest BCUT2D eigenvalue weighted by molar-refractivity contribution is 6.30. The van der Waals surface area contributed by atoms with Crippen LogP contribution in [0.4, 0.5) is 9.18 Å². The smallest absolute Gasteiger partial charge is 0.318 e. The number of benzene rings is 1. The molecule has 3 aliphatic heterocycles. The average Bonchev–Trinajstić information content (AvgIpc) is 2.99. The lowest BCUT2D eigenvalue weighted by Gasteiger charge is -2.33. The molecule has 1 atom stereocenters. The van der Waals surface area contributed by atoms with Crippen LogP contribution in [0.2, 0.25) is 5.02 Å². The molecule has 0 spiro atoms. The second kappa shape index (κ2) is 8.53. The standard InChI is InChI=1S/C21H27ClFN5O2/c1-21(2)15-11-24-19(26-14-5-7-30-8-6-14)27-18(15)12-28(21)20(29)25-10-13-3-4-16(22)17(23)9-13/h3-4,9,11,14,19,24,26H,5-8,10,12H2,1-2H3,(H,25,29). The van der Waals surface area contributed by atoms with Crippen molar-refractivity contribution in [1.29, 1.82) is 0 Å². The zero-order valence-corrected chi connectivity index (χ0v) is 17.9. The highest BCUT2D eigenvalue weighted by Crippen LogP contribution is 2.33. The summed E-state index contributed by atoms with van der Waals surface area (Å²) in [6.07, 6.45) is 3.68. The van der Waals surface area contributed by atoms with Crippen LogP contribution < -0.4 is 16.0 Å². The Kier molecular flexibility index (Phi) is 5.99. The zero-order chi connectivity index (χ0) is 21.3. The van der Waals surface area contributed by atoms with E-state index in [4.69, 9.17) is 21.3 Å². The first-order valence-corrected chi connectivity index (χ1v) is 10.6. The number of likely N-dealkylation sites (tertiary alicyclic amines) is 1. The van der Waals surface area contributed by atoms with Crippen LogP contribution in [0, 0.1) is 5.82 Å². The topological polar surface area (TPSA) is 78.0 Å². The molecular formula is C21H27ClFN5O2. The van der Waals surface area contributed by atoms with E-state index in [1.807, 2.05) is 20.0 Å². The van der Waals surface area contributed by atoms with E-state index in [1.165, 1.54) is 12.1 Å². The number of carbonyl (C=O) groups is 1. The maximum atomic E-state index is 13.6. The summed E-state index contributed by atoms with van der Waals surface area (Å²) in [4.78, 5) is 19.4. The Morgan fingerprint density at radius 3 is 2.90 bits per heavy atom. The molecular weight excluding hydrogens is 409 g/mol. The highest BCUT2D eigenvalue weighted by Gasteiger charge is 2.45. The van der Waals surface area contributed by atoms with Gasteiger partial charge in [0.25, 0.3) is 0 Å². The Balaban J connectivity index is 1.40. The van der Waals surface area contributed by atoms with Gasteiger partial charge in [-0.25, -0.2) is 14.2 Å². The zero-order valence-electron chi connectivity index (χ0n) is 17.2. The number of aliphatic imine (C=N–C) groups is 1. The minimum absolute atomic E-state index is 0.0659. The Morgan fingerprint density at radius 1 is 1.40 bits per heavy atom. The van der Waals surface area contributed by atoms with Crippen LogP contribution in [-0.2, 0) is 11.3 Å². The van der Waals surface area contributed by atoms with E-state index in [9.17, 15) is 9.18 Å². The number of urea groups is 1. The summed E-state index contributed by atoms with van der Waals surface area (Å²) in [5, 5.41) is 9.76. The number of hydrogen-bond acceptors (Lipinski definition) is 5. The number of nitrogens with one attached hydrogen (secondary N) is 3. The van der Waals surface area contributed by atoms with Crippen molar-refractivity contribution >= 4 is 23.3 Å². The van der Waals surface area contributed by atoms with E-state index in [0.717, 1.165) is 37.3 Å². The van der Waals surface area contributed by atoms with E-state index >= 15 is 0 Å². The molecule has 0 aliphatic carbocycles. The van der Waals surface area contributed by atoms with E-state index in [1.54, 1.807) is 11.0 Å². The van der Waals surface area contributed by atoms with Crippen LogP contribution in [0.5, 0.6) is 0 Å². The molecule has 2 amide bonds. The molecule has 1 unspecified atom stereocenters. The number of ether oxygens (including phenoxy) is 1. The van der Waals surface area contributed by atoms with Crippen molar-refractivity contribution in [2.75, 3.05) is 19.8 Å². The molecule has 9 heteroatoms. The molecule has 162 valence electrons. The molecule has 2 saturated heterocycles. The minimum atomic E-state index is -0.509. The van der Waals surface area contributed by atoms with Crippen LogP contribution >= 0.6 is 11.6 Å². The van der Waals surface area contributed by atoms with Crippen molar-refractivity contribution in [2.24, 2.45) is 4.99 Å². The fourth-order valence-electron chi connectivity index (χ4n) is 4.08. The number of halogens is 2. The predicted octanol–water partition coefficient (Wildman–Crippen LogP) is 2.76. The molecule has 0 bridgehead atoms. The molecule has 3 aliphatic rings. The van der Waals surface area contributed by atoms with Gasteiger partial charge >= 0.3 is 6.03 Å². The van der Waals surface area contributed by atoms with Crippen LogP contribution in [0.1, 0.15) is 32.3 Å². The monoisotopic (exact) mass is 435 g/mol. The number of fused-ring (bicyclic) bond motifs is 1. The first-order valence-electron chi connectivity index (χ1n) is 10.2. The third-order valence-corrected chi connectivity index (χ3v) is 6.22. The van der Waals surface area contributed by atoms with Crippen LogP contribution in [-0.4, -0.2) is 54.3 Å². The van der Waals surface area contributed by atoms with Gasteiger partial charge in [0.05, 0.1) is 22.8 Å². The second-order valence-electron chi connectivity index (χ2n) is 8.31. The fourth-order valence-corrected chi connectivity index (χ4v) is 4.20. The van der Waals surface area contributed by atoms with Gasteiger partial charge in [0.1, 0.15) is 5.82 Å². The predicted molar refractivity (Wildman–Crippen MR) is 114 cm³/mol. The summed E-state index contributed by atoms with van der Waals surface area (Å²) in [5.41, 5.74) is 2.04. The SMILES string of the molecule is CC1(C)C2=CNC(NC3CCOCC3)N=C2CN1C(=O)NCc1ccc(Cl)c(F)c1. The maximum absolute atomic E-state index is 13.6. The van der Waals surface area contributed by atoms with E-state index < -0.39 is 11.4 Å². The second-order valence-corrected chi connectivity index (χ2v) is 8.72. The van der Waals surface area contributed by atoms with Crippen molar-refractivity contribution < 1.29 is 13.9 Å². The number of nitrogens with zero attached hydrogens (tertiary/aromatic N) is 2. The van der Waals surface area contributed by atoms with Gasteiger partial charge in [-0.3, -0.25) is 5.32 Å². The van der Waals surface area contributed by atoms with Crippen LogP contribution in [0.15, 0.2) is 35.0 Å². The highest BCUT2D eigenvalue weighted by atomic mass is 35.5. The number of hydrogen-bond donors (Lipinski definition) is 3. The maximum Gasteiger partial charge on any atom is 0.318 e. The Hall–Kier alpha value is -2.16. The van der Waals surface area contributed by atoms with Crippen molar-refractivity contribution in [2.45, 2.75) is 51.1 Å². The van der Waals surface area contributed by atoms with Gasteiger partial charge in [0.15, 0.2) is 6.29 Å². The van der Waals surface area contributed by atoms with Gasteiger partial charge in [-0.1, -0.05) is 17.7 Å². The Bertz CT molecular complexity index is 882. The normalized spacial score (nSPS) is 23.3. The lowest BCUT2D eigenvalue weighted by atomic mass is 9.94. The van der Waals surface area contributed by atoms with Gasteiger partial charge in [-0.15, -0.1) is 0 Å². The summed E-state index contributed by atoms with van der Waals surface area (Å²) in [6.45, 7) is 6.17. The third-order valence-electron chi connectivity index (χ3n) is 5.91. The number of rotatable bonds is 4. The molecule has 4 rings (SSSR count). The molecule has 30 heavy (non-hydrogen) atoms. The van der Waals surface area contributed by atoms with Crippen molar-refractivity contribution in [3.8, 4) is 0 Å². The molecule has 0 aromatic heterocycles. The Morgan fingerprint density at radius 2 is 2.17 bits per heavy atom. The lowest BCUT2D eigenvalue weighted by Crippen LogP contribution is -2.49.